The predicted molar refractivity (Wildman–Crippen MR) is 48.8 cm³/mol. The van der Waals surface area contributed by atoms with Gasteiger partial charge in [0.25, 0.3) is 0 Å². The van der Waals surface area contributed by atoms with Gasteiger partial charge in [-0.25, -0.2) is 0 Å². The Hall–Kier alpha value is -0.870. The number of aryl methyl sites for hydroxylation is 1. The van der Waals surface area contributed by atoms with Crippen LogP contribution >= 0.6 is 11.3 Å². The third kappa shape index (κ3) is 1.36. The zero-order chi connectivity index (χ0) is 9.47. The summed E-state index contributed by atoms with van der Waals surface area (Å²) in [5.74, 6) is -0.941. The molecular weight excluding hydrogens is 188 g/mol. The zero-order valence-electron chi connectivity index (χ0n) is 6.99. The van der Waals surface area contributed by atoms with Crippen molar-refractivity contribution < 1.29 is 15.0 Å². The number of carboxylic acid groups (broad SMARTS) is 1. The van der Waals surface area contributed by atoms with Gasteiger partial charge in [0.1, 0.15) is 5.60 Å². The van der Waals surface area contributed by atoms with E-state index in [0.717, 1.165) is 16.9 Å². The minimum Gasteiger partial charge on any atom is -0.481 e. The molecule has 0 aromatic carbocycles. The van der Waals surface area contributed by atoms with Gasteiger partial charge in [-0.15, -0.1) is 11.3 Å². The van der Waals surface area contributed by atoms with E-state index in [0.29, 0.717) is 6.42 Å². The largest absolute Gasteiger partial charge is 0.481 e. The molecule has 70 valence electrons. The number of aliphatic hydroxyl groups is 1. The Kier molecular flexibility index (Phi) is 1.89. The van der Waals surface area contributed by atoms with Crippen LogP contribution in [0.2, 0.25) is 0 Å². The predicted octanol–water partition coefficient (Wildman–Crippen LogP) is 1.36. The number of thiophene rings is 1. The van der Waals surface area contributed by atoms with Crippen molar-refractivity contribution in [2.24, 2.45) is 0 Å². The minimum atomic E-state index is -1.10. The maximum Gasteiger partial charge on any atom is 0.306 e. The van der Waals surface area contributed by atoms with Gasteiger partial charge >= 0.3 is 5.97 Å². The van der Waals surface area contributed by atoms with E-state index >= 15 is 0 Å². The number of aliphatic carboxylic acids is 1. The van der Waals surface area contributed by atoms with Crippen molar-refractivity contribution in [2.45, 2.75) is 24.9 Å². The monoisotopic (exact) mass is 198 g/mol. The van der Waals surface area contributed by atoms with E-state index in [1.54, 1.807) is 0 Å². The van der Waals surface area contributed by atoms with Crippen LogP contribution in [0.15, 0.2) is 11.4 Å². The van der Waals surface area contributed by atoms with Gasteiger partial charge in [0.2, 0.25) is 0 Å². The van der Waals surface area contributed by atoms with Crippen LogP contribution in [0.5, 0.6) is 0 Å². The van der Waals surface area contributed by atoms with E-state index in [-0.39, 0.29) is 6.42 Å². The molecule has 1 heterocycles. The average Bonchev–Trinajstić information content (AvgIpc) is 2.54. The zero-order valence-corrected chi connectivity index (χ0v) is 7.80. The van der Waals surface area contributed by atoms with Crippen LogP contribution in [0.1, 0.15) is 23.3 Å². The fraction of sp³-hybridized carbons (Fsp3) is 0.444. The standard InChI is InChI=1S/C9H10O3S/c10-7(11)5-9(12)3-1-6-2-4-13-8(6)9/h2,4,12H,1,3,5H2,(H,10,11). The molecule has 2 rings (SSSR count). The summed E-state index contributed by atoms with van der Waals surface area (Å²) >= 11 is 1.45. The number of hydrogen-bond acceptors (Lipinski definition) is 3. The Labute approximate surface area is 79.6 Å². The van der Waals surface area contributed by atoms with Crippen molar-refractivity contribution in [3.63, 3.8) is 0 Å². The smallest absolute Gasteiger partial charge is 0.306 e. The summed E-state index contributed by atoms with van der Waals surface area (Å²) in [5, 5.41) is 20.6. The highest BCUT2D eigenvalue weighted by atomic mass is 32.1. The van der Waals surface area contributed by atoms with Crippen molar-refractivity contribution >= 4 is 17.3 Å². The van der Waals surface area contributed by atoms with E-state index in [9.17, 15) is 9.90 Å². The topological polar surface area (TPSA) is 57.5 Å². The number of hydrogen-bond donors (Lipinski definition) is 2. The summed E-state index contributed by atoms with van der Waals surface area (Å²) in [4.78, 5) is 11.4. The first-order chi connectivity index (χ1) is 6.12. The van der Waals surface area contributed by atoms with Crippen LogP contribution in [-0.4, -0.2) is 16.2 Å². The van der Waals surface area contributed by atoms with Crippen LogP contribution in [0.25, 0.3) is 0 Å². The third-order valence-electron chi connectivity index (χ3n) is 2.42. The number of fused-ring (bicyclic) bond motifs is 1. The van der Waals surface area contributed by atoms with Crippen LogP contribution in [0.3, 0.4) is 0 Å². The number of carbonyl (C=O) groups is 1. The Morgan fingerprint density at radius 1 is 1.69 bits per heavy atom. The van der Waals surface area contributed by atoms with Crippen molar-refractivity contribution in [2.75, 3.05) is 0 Å². The molecule has 0 saturated carbocycles. The summed E-state index contributed by atoms with van der Waals surface area (Å²) in [6.07, 6.45) is 1.16. The van der Waals surface area contributed by atoms with Gasteiger partial charge in [0, 0.05) is 4.88 Å². The van der Waals surface area contributed by atoms with Crippen LogP contribution in [0.4, 0.5) is 0 Å². The minimum absolute atomic E-state index is 0.180. The molecule has 1 aromatic heterocycles. The lowest BCUT2D eigenvalue weighted by molar-refractivity contribution is -0.142. The molecule has 0 radical (unpaired) electrons. The molecule has 1 aliphatic rings. The van der Waals surface area contributed by atoms with Crippen molar-refractivity contribution in [1.29, 1.82) is 0 Å². The fourth-order valence-corrected chi connectivity index (χ4v) is 2.90. The molecule has 1 unspecified atom stereocenters. The second-order valence-electron chi connectivity index (χ2n) is 3.38. The first kappa shape index (κ1) is 8.72. The second kappa shape index (κ2) is 2.82. The normalized spacial score (nSPS) is 25.9. The summed E-state index contributed by atoms with van der Waals surface area (Å²) in [6.45, 7) is 0. The maximum atomic E-state index is 10.5. The third-order valence-corrected chi connectivity index (χ3v) is 3.57. The van der Waals surface area contributed by atoms with E-state index in [2.05, 4.69) is 0 Å². The summed E-state index contributed by atoms with van der Waals surface area (Å²) in [6, 6.07) is 1.96. The molecule has 1 atom stereocenters. The first-order valence-corrected chi connectivity index (χ1v) is 5.01. The molecule has 1 aromatic rings. The molecule has 0 saturated heterocycles. The summed E-state index contributed by atoms with van der Waals surface area (Å²) in [7, 11) is 0. The molecule has 0 amide bonds. The summed E-state index contributed by atoms with van der Waals surface area (Å²) < 4.78 is 0. The van der Waals surface area contributed by atoms with E-state index in [1.807, 2.05) is 11.4 Å². The molecule has 13 heavy (non-hydrogen) atoms. The van der Waals surface area contributed by atoms with Crippen molar-refractivity contribution in [3.8, 4) is 0 Å². The molecule has 3 nitrogen and oxygen atoms in total. The molecule has 0 bridgehead atoms. The molecule has 0 fully saturated rings. The highest BCUT2D eigenvalue weighted by molar-refractivity contribution is 7.10. The van der Waals surface area contributed by atoms with Gasteiger partial charge in [0.15, 0.2) is 0 Å². The molecule has 0 aliphatic heterocycles. The maximum absolute atomic E-state index is 10.5. The van der Waals surface area contributed by atoms with Gasteiger partial charge in [-0.3, -0.25) is 4.79 Å². The lowest BCUT2D eigenvalue weighted by atomic mass is 9.99. The Bertz CT molecular complexity index is 344. The molecule has 1 aliphatic carbocycles. The van der Waals surface area contributed by atoms with Gasteiger partial charge in [-0.05, 0) is 29.9 Å². The quantitative estimate of drug-likeness (QED) is 0.754. The van der Waals surface area contributed by atoms with Crippen LogP contribution in [0, 0.1) is 0 Å². The molecular formula is C9H10O3S. The van der Waals surface area contributed by atoms with Gasteiger partial charge in [0.05, 0.1) is 6.42 Å². The SMILES string of the molecule is O=C(O)CC1(O)CCc2ccsc21. The van der Waals surface area contributed by atoms with Crippen LogP contribution < -0.4 is 0 Å². The first-order valence-electron chi connectivity index (χ1n) is 4.13. The Balaban J connectivity index is 2.32. The second-order valence-corrected chi connectivity index (χ2v) is 4.29. The average molecular weight is 198 g/mol. The van der Waals surface area contributed by atoms with Crippen molar-refractivity contribution in [1.82, 2.24) is 0 Å². The van der Waals surface area contributed by atoms with Crippen molar-refractivity contribution in [3.05, 3.63) is 21.9 Å². The highest BCUT2D eigenvalue weighted by Gasteiger charge is 2.39. The summed E-state index contributed by atoms with van der Waals surface area (Å²) in [5.41, 5.74) is 0.00347. The molecule has 0 spiro atoms. The lowest BCUT2D eigenvalue weighted by Crippen LogP contribution is -2.25. The number of carboxylic acids is 1. The Morgan fingerprint density at radius 3 is 3.15 bits per heavy atom. The van der Waals surface area contributed by atoms with E-state index in [4.69, 9.17) is 5.11 Å². The van der Waals surface area contributed by atoms with Gasteiger partial charge in [-0.2, -0.15) is 0 Å². The van der Waals surface area contributed by atoms with Gasteiger partial charge < -0.3 is 10.2 Å². The molecule has 2 N–H and O–H groups in total. The number of rotatable bonds is 2. The lowest BCUT2D eigenvalue weighted by Gasteiger charge is -2.19. The van der Waals surface area contributed by atoms with Crippen LogP contribution in [-0.2, 0) is 16.8 Å². The fourth-order valence-electron chi connectivity index (χ4n) is 1.81. The van der Waals surface area contributed by atoms with E-state index in [1.165, 1.54) is 11.3 Å². The van der Waals surface area contributed by atoms with Gasteiger partial charge in [-0.1, -0.05) is 0 Å². The highest BCUT2D eigenvalue weighted by Crippen LogP contribution is 2.42. The Morgan fingerprint density at radius 2 is 2.46 bits per heavy atom. The molecule has 4 heteroatoms. The van der Waals surface area contributed by atoms with E-state index < -0.39 is 11.6 Å².